The van der Waals surface area contributed by atoms with E-state index in [2.05, 4.69) is 15.0 Å². The first-order valence-corrected chi connectivity index (χ1v) is 8.51. The van der Waals surface area contributed by atoms with Crippen LogP contribution in [0.5, 0.6) is 0 Å². The van der Waals surface area contributed by atoms with Gasteiger partial charge in [-0.25, -0.2) is 4.98 Å². The second-order valence-electron chi connectivity index (χ2n) is 5.92. The summed E-state index contributed by atoms with van der Waals surface area (Å²) in [5.41, 5.74) is 1.23. The number of rotatable bonds is 7. The molecule has 2 aromatic heterocycles. The van der Waals surface area contributed by atoms with Crippen molar-refractivity contribution in [3.8, 4) is 11.4 Å². The number of aromatic nitrogens is 3. The van der Waals surface area contributed by atoms with Crippen molar-refractivity contribution in [2.45, 2.75) is 6.54 Å². The standard InChI is InChI=1S/C20H20N4O3/c1-27-12-11-24(14-15-7-9-21-10-8-15)20(26)17-13-22-18(23-19(17)25)16-5-3-2-4-6-16/h2-10,13H,11-12,14H2,1H3,(H,22,23,25). The lowest BCUT2D eigenvalue weighted by Crippen LogP contribution is -2.36. The minimum Gasteiger partial charge on any atom is -0.383 e. The zero-order chi connectivity index (χ0) is 19.1. The Morgan fingerprint density at radius 1 is 1.15 bits per heavy atom. The summed E-state index contributed by atoms with van der Waals surface area (Å²) in [5, 5.41) is 0. The summed E-state index contributed by atoms with van der Waals surface area (Å²) in [7, 11) is 1.57. The number of carbonyl (C=O) groups excluding carboxylic acids is 1. The van der Waals surface area contributed by atoms with Crippen LogP contribution >= 0.6 is 0 Å². The third kappa shape index (κ3) is 4.65. The summed E-state index contributed by atoms with van der Waals surface area (Å²) in [6.45, 7) is 1.08. The van der Waals surface area contributed by atoms with Gasteiger partial charge in [0.1, 0.15) is 11.4 Å². The van der Waals surface area contributed by atoms with E-state index >= 15 is 0 Å². The monoisotopic (exact) mass is 364 g/mol. The molecule has 3 aromatic rings. The van der Waals surface area contributed by atoms with Crippen LogP contribution in [0.4, 0.5) is 0 Å². The normalized spacial score (nSPS) is 10.6. The van der Waals surface area contributed by atoms with E-state index in [1.54, 1.807) is 24.4 Å². The fourth-order valence-electron chi connectivity index (χ4n) is 2.62. The lowest BCUT2D eigenvalue weighted by molar-refractivity contribution is 0.0678. The summed E-state index contributed by atoms with van der Waals surface area (Å²) in [6.07, 6.45) is 4.66. The van der Waals surface area contributed by atoms with E-state index in [0.717, 1.165) is 11.1 Å². The number of hydrogen-bond acceptors (Lipinski definition) is 5. The van der Waals surface area contributed by atoms with Crippen LogP contribution in [-0.2, 0) is 11.3 Å². The van der Waals surface area contributed by atoms with Gasteiger partial charge in [-0.2, -0.15) is 0 Å². The van der Waals surface area contributed by atoms with Crippen molar-refractivity contribution in [2.24, 2.45) is 0 Å². The third-order valence-corrected chi connectivity index (χ3v) is 4.05. The molecule has 0 radical (unpaired) electrons. The van der Waals surface area contributed by atoms with Gasteiger partial charge in [-0.05, 0) is 17.7 Å². The average Bonchev–Trinajstić information content (AvgIpc) is 2.72. The summed E-state index contributed by atoms with van der Waals surface area (Å²) in [6, 6.07) is 12.9. The number of carbonyl (C=O) groups is 1. The summed E-state index contributed by atoms with van der Waals surface area (Å²) in [5.74, 6) is 0.0342. The van der Waals surface area contributed by atoms with Crippen molar-refractivity contribution >= 4 is 5.91 Å². The van der Waals surface area contributed by atoms with E-state index in [-0.39, 0.29) is 5.56 Å². The van der Waals surface area contributed by atoms with Gasteiger partial charge in [-0.3, -0.25) is 14.6 Å². The highest BCUT2D eigenvalue weighted by molar-refractivity contribution is 5.93. The molecule has 1 aromatic carbocycles. The van der Waals surface area contributed by atoms with Crippen LogP contribution in [0.2, 0.25) is 0 Å². The van der Waals surface area contributed by atoms with Gasteiger partial charge in [0.25, 0.3) is 11.5 Å². The first-order chi connectivity index (χ1) is 13.2. The van der Waals surface area contributed by atoms with E-state index in [1.807, 2.05) is 42.5 Å². The molecule has 27 heavy (non-hydrogen) atoms. The van der Waals surface area contributed by atoms with Crippen LogP contribution in [0.25, 0.3) is 11.4 Å². The highest BCUT2D eigenvalue weighted by Crippen LogP contribution is 2.13. The van der Waals surface area contributed by atoms with E-state index in [0.29, 0.717) is 25.5 Å². The number of nitrogens with one attached hydrogen (secondary N) is 1. The molecular weight excluding hydrogens is 344 g/mol. The first kappa shape index (κ1) is 18.5. The Bertz CT molecular complexity index is 942. The third-order valence-electron chi connectivity index (χ3n) is 4.05. The van der Waals surface area contributed by atoms with Crippen molar-refractivity contribution in [1.29, 1.82) is 0 Å². The second-order valence-corrected chi connectivity index (χ2v) is 5.92. The average molecular weight is 364 g/mol. The van der Waals surface area contributed by atoms with Crippen molar-refractivity contribution in [1.82, 2.24) is 19.9 Å². The van der Waals surface area contributed by atoms with E-state index in [4.69, 9.17) is 4.74 Å². The summed E-state index contributed by atoms with van der Waals surface area (Å²) in [4.78, 5) is 37.9. The number of hydrogen-bond donors (Lipinski definition) is 1. The molecule has 0 spiro atoms. The number of amides is 1. The Kier molecular flexibility index (Phi) is 6.06. The molecule has 1 amide bonds. The number of pyridine rings is 1. The van der Waals surface area contributed by atoms with Crippen LogP contribution in [0, 0.1) is 0 Å². The Morgan fingerprint density at radius 3 is 2.56 bits per heavy atom. The molecule has 138 valence electrons. The largest absolute Gasteiger partial charge is 0.383 e. The van der Waals surface area contributed by atoms with Crippen LogP contribution < -0.4 is 5.56 Å². The molecule has 2 heterocycles. The topological polar surface area (TPSA) is 88.2 Å². The molecule has 0 saturated carbocycles. The Labute approximate surface area is 156 Å². The molecule has 0 saturated heterocycles. The lowest BCUT2D eigenvalue weighted by Gasteiger charge is -2.22. The molecule has 0 fully saturated rings. The van der Waals surface area contributed by atoms with Crippen molar-refractivity contribution in [2.75, 3.05) is 20.3 Å². The molecule has 0 aliphatic carbocycles. The van der Waals surface area contributed by atoms with Crippen molar-refractivity contribution < 1.29 is 9.53 Å². The minimum absolute atomic E-state index is 0.000148. The lowest BCUT2D eigenvalue weighted by atomic mass is 10.2. The maximum Gasteiger partial charge on any atom is 0.264 e. The van der Waals surface area contributed by atoms with Crippen LogP contribution in [0.1, 0.15) is 15.9 Å². The number of ether oxygens (including phenoxy) is 1. The van der Waals surface area contributed by atoms with Gasteiger partial charge in [-0.1, -0.05) is 30.3 Å². The number of H-pyrrole nitrogens is 1. The van der Waals surface area contributed by atoms with Gasteiger partial charge in [0.2, 0.25) is 0 Å². The van der Waals surface area contributed by atoms with Gasteiger partial charge < -0.3 is 14.6 Å². The molecule has 1 N–H and O–H groups in total. The molecular formula is C20H20N4O3. The SMILES string of the molecule is COCCN(Cc1ccncc1)C(=O)c1cnc(-c2ccccc2)[nH]c1=O. The van der Waals surface area contributed by atoms with Crippen LogP contribution in [0.3, 0.4) is 0 Å². The molecule has 7 heteroatoms. The fraction of sp³-hybridized carbons (Fsp3) is 0.200. The highest BCUT2D eigenvalue weighted by Gasteiger charge is 2.20. The molecule has 7 nitrogen and oxygen atoms in total. The smallest absolute Gasteiger partial charge is 0.264 e. The van der Waals surface area contributed by atoms with Gasteiger partial charge >= 0.3 is 0 Å². The van der Waals surface area contributed by atoms with Gasteiger partial charge in [0.05, 0.1) is 6.61 Å². The number of benzene rings is 1. The molecule has 0 unspecified atom stereocenters. The van der Waals surface area contributed by atoms with E-state index in [1.165, 1.54) is 6.20 Å². The molecule has 0 atom stereocenters. The van der Waals surface area contributed by atoms with Crippen molar-refractivity contribution in [3.63, 3.8) is 0 Å². The van der Waals surface area contributed by atoms with Gasteiger partial charge in [0.15, 0.2) is 0 Å². The Balaban J connectivity index is 1.85. The predicted molar refractivity (Wildman–Crippen MR) is 101 cm³/mol. The molecule has 0 aliphatic rings. The maximum absolute atomic E-state index is 12.9. The van der Waals surface area contributed by atoms with E-state index < -0.39 is 11.5 Å². The fourth-order valence-corrected chi connectivity index (χ4v) is 2.62. The number of nitrogens with zero attached hydrogens (tertiary/aromatic N) is 3. The van der Waals surface area contributed by atoms with Crippen LogP contribution in [0.15, 0.2) is 65.8 Å². The highest BCUT2D eigenvalue weighted by atomic mass is 16.5. The quantitative estimate of drug-likeness (QED) is 0.694. The maximum atomic E-state index is 12.9. The van der Waals surface area contributed by atoms with Gasteiger partial charge in [0, 0.05) is 44.4 Å². The summed E-state index contributed by atoms with van der Waals surface area (Å²) >= 11 is 0. The zero-order valence-corrected chi connectivity index (χ0v) is 15.0. The minimum atomic E-state index is -0.467. The molecule has 0 aliphatic heterocycles. The number of methoxy groups -OCH3 is 1. The Morgan fingerprint density at radius 2 is 1.89 bits per heavy atom. The summed E-state index contributed by atoms with van der Waals surface area (Å²) < 4.78 is 5.10. The predicted octanol–water partition coefficient (Wildman–Crippen LogP) is 2.12. The van der Waals surface area contributed by atoms with Crippen LogP contribution in [-0.4, -0.2) is 46.0 Å². The second kappa shape index (κ2) is 8.86. The zero-order valence-electron chi connectivity index (χ0n) is 15.0. The molecule has 0 bridgehead atoms. The number of aromatic amines is 1. The molecule has 3 rings (SSSR count). The van der Waals surface area contributed by atoms with E-state index in [9.17, 15) is 9.59 Å². The Hall–Kier alpha value is -3.32. The first-order valence-electron chi connectivity index (χ1n) is 8.51. The van der Waals surface area contributed by atoms with Gasteiger partial charge in [-0.15, -0.1) is 0 Å². The van der Waals surface area contributed by atoms with Crippen molar-refractivity contribution in [3.05, 3.63) is 82.5 Å².